The van der Waals surface area contributed by atoms with Crippen LogP contribution in [-0.2, 0) is 10.2 Å². The molecule has 0 unspecified atom stereocenters. The van der Waals surface area contributed by atoms with Crippen molar-refractivity contribution < 1.29 is 9.53 Å². The van der Waals surface area contributed by atoms with Crippen molar-refractivity contribution in [2.24, 2.45) is 0 Å². The number of nitrogens with zero attached hydrogens (tertiary/aromatic N) is 1. The molecule has 1 aromatic heterocycles. The van der Waals surface area contributed by atoms with Crippen LogP contribution in [-0.4, -0.2) is 11.0 Å². The summed E-state index contributed by atoms with van der Waals surface area (Å²) in [5, 5.41) is 0.748. The molecule has 0 spiro atoms. The largest absolute Gasteiger partial charge is 0.423 e. The van der Waals surface area contributed by atoms with Crippen molar-refractivity contribution in [3.05, 3.63) is 71.8 Å². The predicted octanol–water partition coefficient (Wildman–Crippen LogP) is 4.73. The van der Waals surface area contributed by atoms with Gasteiger partial charge in [0, 0.05) is 17.5 Å². The summed E-state index contributed by atoms with van der Waals surface area (Å²) in [4.78, 5) is 16.4. The lowest BCUT2D eigenvalue weighted by Crippen LogP contribution is -2.10. The molecule has 2 N–H and O–H groups in total. The molecule has 2 aromatic carbocycles. The van der Waals surface area contributed by atoms with E-state index >= 15 is 0 Å². The summed E-state index contributed by atoms with van der Waals surface area (Å²) < 4.78 is 5.46. The van der Waals surface area contributed by atoms with Gasteiger partial charge in [0.2, 0.25) is 0 Å². The lowest BCUT2D eigenvalue weighted by atomic mass is 9.87. The van der Waals surface area contributed by atoms with E-state index in [0.29, 0.717) is 17.1 Å². The van der Waals surface area contributed by atoms with Crippen LogP contribution < -0.4 is 10.5 Å². The molecule has 132 valence electrons. The summed E-state index contributed by atoms with van der Waals surface area (Å²) >= 11 is 0. The first kappa shape index (κ1) is 17.7. The van der Waals surface area contributed by atoms with Gasteiger partial charge >= 0.3 is 5.97 Å². The van der Waals surface area contributed by atoms with E-state index in [4.69, 9.17) is 10.5 Å². The second-order valence-corrected chi connectivity index (χ2v) is 7.19. The molecule has 0 radical (unpaired) electrons. The van der Waals surface area contributed by atoms with Gasteiger partial charge in [0.25, 0.3) is 0 Å². The molecular weight excluding hydrogens is 324 g/mol. The Balaban J connectivity index is 1.76. The highest BCUT2D eigenvalue weighted by Crippen LogP contribution is 2.26. The first-order valence-electron chi connectivity index (χ1n) is 8.49. The highest BCUT2D eigenvalue weighted by molar-refractivity contribution is 5.93. The molecule has 0 amide bonds. The van der Waals surface area contributed by atoms with Crippen LogP contribution in [0.2, 0.25) is 0 Å². The van der Waals surface area contributed by atoms with Crippen LogP contribution in [0.1, 0.15) is 31.9 Å². The molecule has 0 fully saturated rings. The maximum Gasteiger partial charge on any atom is 0.336 e. The number of hydrogen-bond acceptors (Lipinski definition) is 4. The fourth-order valence-corrected chi connectivity index (χ4v) is 2.65. The third-order valence-electron chi connectivity index (χ3n) is 4.10. The Morgan fingerprint density at radius 3 is 2.46 bits per heavy atom. The topological polar surface area (TPSA) is 65.2 Å². The molecule has 3 rings (SSSR count). The van der Waals surface area contributed by atoms with E-state index in [9.17, 15) is 4.79 Å². The molecule has 3 aromatic rings. The zero-order valence-electron chi connectivity index (χ0n) is 15.2. The number of carbonyl (C=O) groups excluding carboxylic acids is 1. The van der Waals surface area contributed by atoms with Crippen molar-refractivity contribution in [2.45, 2.75) is 26.2 Å². The molecule has 0 saturated heterocycles. The van der Waals surface area contributed by atoms with Gasteiger partial charge in [0.1, 0.15) is 11.6 Å². The Morgan fingerprint density at radius 1 is 1.08 bits per heavy atom. The minimum absolute atomic E-state index is 0.101. The molecule has 1 heterocycles. The summed E-state index contributed by atoms with van der Waals surface area (Å²) in [5.41, 5.74) is 8.77. The Hall–Kier alpha value is -3.14. The molecule has 0 aliphatic heterocycles. The molecular formula is C22H22N2O2. The smallest absolute Gasteiger partial charge is 0.336 e. The van der Waals surface area contributed by atoms with Gasteiger partial charge in [-0.05, 0) is 34.8 Å². The number of benzene rings is 2. The minimum atomic E-state index is -0.458. The molecule has 4 nitrogen and oxygen atoms in total. The number of para-hydroxylation sites is 1. The number of rotatable bonds is 3. The molecule has 0 bridgehead atoms. The highest BCUT2D eigenvalue weighted by atomic mass is 16.5. The molecule has 0 aliphatic rings. The van der Waals surface area contributed by atoms with Crippen LogP contribution in [0.25, 0.3) is 17.0 Å². The van der Waals surface area contributed by atoms with Crippen molar-refractivity contribution in [3.8, 4) is 5.75 Å². The summed E-state index contributed by atoms with van der Waals surface area (Å²) in [5.74, 6) is 0.264. The first-order valence-corrected chi connectivity index (χ1v) is 8.49. The van der Waals surface area contributed by atoms with Crippen LogP contribution in [0, 0.1) is 0 Å². The first-order chi connectivity index (χ1) is 12.3. The maximum atomic E-state index is 12.2. The van der Waals surface area contributed by atoms with Crippen molar-refractivity contribution in [1.82, 2.24) is 4.98 Å². The van der Waals surface area contributed by atoms with Gasteiger partial charge in [-0.2, -0.15) is 0 Å². The van der Waals surface area contributed by atoms with E-state index in [2.05, 4.69) is 37.9 Å². The molecule has 4 heteroatoms. The molecule has 0 aliphatic carbocycles. The van der Waals surface area contributed by atoms with E-state index in [1.807, 2.05) is 36.4 Å². The van der Waals surface area contributed by atoms with Crippen molar-refractivity contribution in [1.29, 1.82) is 0 Å². The van der Waals surface area contributed by atoms with E-state index in [0.717, 1.165) is 10.9 Å². The highest BCUT2D eigenvalue weighted by Gasteiger charge is 2.12. The summed E-state index contributed by atoms with van der Waals surface area (Å²) in [7, 11) is 0. The SMILES string of the molecule is CC(C)(C)c1ccc(/C=C/C(=O)Oc2cc(N)nc3ccccc23)cc1. The van der Waals surface area contributed by atoms with Crippen LogP contribution in [0.15, 0.2) is 60.7 Å². The number of pyridine rings is 1. The average molecular weight is 346 g/mol. The van der Waals surface area contributed by atoms with Crippen LogP contribution in [0.5, 0.6) is 5.75 Å². The number of aromatic nitrogens is 1. The van der Waals surface area contributed by atoms with Gasteiger partial charge in [-0.1, -0.05) is 57.2 Å². The monoisotopic (exact) mass is 346 g/mol. The quantitative estimate of drug-likeness (QED) is 0.550. The molecule has 26 heavy (non-hydrogen) atoms. The lowest BCUT2D eigenvalue weighted by molar-refractivity contribution is -0.128. The number of carbonyl (C=O) groups is 1. The molecule has 0 saturated carbocycles. The van der Waals surface area contributed by atoms with E-state index < -0.39 is 5.97 Å². The number of nitrogen functional groups attached to an aromatic ring is 1. The second kappa shape index (κ2) is 7.00. The van der Waals surface area contributed by atoms with Gasteiger partial charge in [-0.25, -0.2) is 9.78 Å². The Morgan fingerprint density at radius 2 is 1.77 bits per heavy atom. The zero-order valence-corrected chi connectivity index (χ0v) is 15.2. The Labute approximate surface area is 153 Å². The zero-order chi connectivity index (χ0) is 18.7. The predicted molar refractivity (Wildman–Crippen MR) is 106 cm³/mol. The summed E-state index contributed by atoms with van der Waals surface area (Å²) in [6, 6.07) is 17.1. The standard InChI is InChI=1S/C22H22N2O2/c1-22(2,3)16-11-8-15(9-12-16)10-13-21(25)26-19-14-20(23)24-18-7-5-4-6-17(18)19/h4-14H,1-3H3,(H2,23,24)/b13-10+. The van der Waals surface area contributed by atoms with E-state index in [-0.39, 0.29) is 5.41 Å². The average Bonchev–Trinajstić information content (AvgIpc) is 2.59. The second-order valence-electron chi connectivity index (χ2n) is 7.19. The fourth-order valence-electron chi connectivity index (χ4n) is 2.65. The van der Waals surface area contributed by atoms with Crippen LogP contribution in [0.3, 0.4) is 0 Å². The third kappa shape index (κ3) is 4.09. The maximum absolute atomic E-state index is 12.2. The number of ether oxygens (including phenoxy) is 1. The van der Waals surface area contributed by atoms with Gasteiger partial charge in [0.15, 0.2) is 0 Å². The van der Waals surface area contributed by atoms with Gasteiger partial charge in [-0.15, -0.1) is 0 Å². The van der Waals surface area contributed by atoms with Crippen molar-refractivity contribution >= 4 is 28.8 Å². The van der Waals surface area contributed by atoms with Crippen molar-refractivity contribution in [3.63, 3.8) is 0 Å². The van der Waals surface area contributed by atoms with Crippen LogP contribution in [0.4, 0.5) is 5.82 Å². The summed E-state index contributed by atoms with van der Waals surface area (Å²) in [6.45, 7) is 6.50. The number of anilines is 1. The van der Waals surface area contributed by atoms with E-state index in [1.54, 1.807) is 12.1 Å². The third-order valence-corrected chi connectivity index (χ3v) is 4.10. The fraction of sp³-hybridized carbons (Fsp3) is 0.182. The number of hydrogen-bond donors (Lipinski definition) is 1. The summed E-state index contributed by atoms with van der Waals surface area (Å²) in [6.07, 6.45) is 3.15. The molecule has 0 atom stereocenters. The van der Waals surface area contributed by atoms with Gasteiger partial charge in [0.05, 0.1) is 5.52 Å². The van der Waals surface area contributed by atoms with Crippen LogP contribution >= 0.6 is 0 Å². The Kier molecular flexibility index (Phi) is 4.76. The lowest BCUT2D eigenvalue weighted by Gasteiger charge is -2.18. The van der Waals surface area contributed by atoms with Gasteiger partial charge < -0.3 is 10.5 Å². The van der Waals surface area contributed by atoms with E-state index in [1.165, 1.54) is 11.6 Å². The van der Waals surface area contributed by atoms with Gasteiger partial charge in [-0.3, -0.25) is 0 Å². The normalized spacial score (nSPS) is 11.8. The number of nitrogens with two attached hydrogens (primary N) is 1. The Bertz CT molecular complexity index is 968. The van der Waals surface area contributed by atoms with Crippen molar-refractivity contribution in [2.75, 3.05) is 5.73 Å². The number of fused-ring (bicyclic) bond motifs is 1. The number of esters is 1. The minimum Gasteiger partial charge on any atom is -0.423 e.